The third-order valence-electron chi connectivity index (χ3n) is 1.98. The molecule has 2 heteroatoms. The summed E-state index contributed by atoms with van der Waals surface area (Å²) in [4.78, 5) is 0. The highest BCUT2D eigenvalue weighted by Crippen LogP contribution is 2.27. The Morgan fingerprint density at radius 1 is 1.42 bits per heavy atom. The summed E-state index contributed by atoms with van der Waals surface area (Å²) in [5, 5.41) is 3.56. The van der Waals surface area contributed by atoms with Crippen molar-refractivity contribution in [2.45, 2.75) is 12.7 Å². The molecule has 0 fully saturated rings. The molecule has 0 nitrogen and oxygen atoms in total. The predicted molar refractivity (Wildman–Crippen MR) is 59.3 cm³/mol. The molecule has 0 spiro atoms. The first kappa shape index (κ1) is 8.14. The summed E-state index contributed by atoms with van der Waals surface area (Å²) in [6.07, 6.45) is 0. The summed E-state index contributed by atoms with van der Waals surface area (Å²) in [5.74, 6) is 0.837. The fourth-order valence-electron chi connectivity index (χ4n) is 1.32. The Balaban J connectivity index is 2.75. The van der Waals surface area contributed by atoms with Crippen molar-refractivity contribution in [2.24, 2.45) is 0 Å². The van der Waals surface area contributed by atoms with Gasteiger partial charge >= 0.3 is 0 Å². The molecule has 0 saturated heterocycles. The lowest BCUT2D eigenvalue weighted by molar-refractivity contribution is 1.48. The van der Waals surface area contributed by atoms with Gasteiger partial charge in [-0.1, -0.05) is 17.7 Å². The van der Waals surface area contributed by atoms with Crippen LogP contribution >= 0.6 is 24.0 Å². The average molecular weight is 194 g/mol. The van der Waals surface area contributed by atoms with Gasteiger partial charge in [0.15, 0.2) is 0 Å². The van der Waals surface area contributed by atoms with Crippen molar-refractivity contribution in [3.8, 4) is 0 Å². The van der Waals surface area contributed by atoms with Crippen LogP contribution in [-0.4, -0.2) is 0 Å². The number of benzene rings is 1. The molecule has 0 atom stereocenters. The minimum atomic E-state index is 0.837. The van der Waals surface area contributed by atoms with Crippen LogP contribution in [-0.2, 0) is 5.75 Å². The predicted octanol–water partition coefficient (Wildman–Crippen LogP) is 3.64. The van der Waals surface area contributed by atoms with Crippen LogP contribution < -0.4 is 0 Å². The van der Waals surface area contributed by atoms with Crippen LogP contribution in [0.3, 0.4) is 0 Å². The van der Waals surface area contributed by atoms with Crippen molar-refractivity contribution < 1.29 is 0 Å². The first-order valence-electron chi connectivity index (χ1n) is 3.89. The van der Waals surface area contributed by atoms with Crippen molar-refractivity contribution in [2.75, 3.05) is 0 Å². The maximum Gasteiger partial charge on any atom is 0.0346 e. The molecule has 0 amide bonds. The molecule has 0 N–H and O–H groups in total. The standard InChI is InChI=1S/C10H10S2/c1-7-2-3-10-9(4-7)8(5-11)6-12-10/h2-4,6,11H,5H2,1H3. The van der Waals surface area contributed by atoms with E-state index < -0.39 is 0 Å². The van der Waals surface area contributed by atoms with Crippen LogP contribution in [0.5, 0.6) is 0 Å². The zero-order valence-corrected chi connectivity index (χ0v) is 8.58. The third kappa shape index (κ3) is 1.25. The van der Waals surface area contributed by atoms with Crippen molar-refractivity contribution >= 4 is 34.1 Å². The molecule has 0 saturated carbocycles. The van der Waals surface area contributed by atoms with E-state index in [0.717, 1.165) is 5.75 Å². The quantitative estimate of drug-likeness (QED) is 0.658. The van der Waals surface area contributed by atoms with Crippen LogP contribution in [0.15, 0.2) is 23.6 Å². The lowest BCUT2D eigenvalue weighted by Gasteiger charge is -1.95. The van der Waals surface area contributed by atoms with Crippen molar-refractivity contribution in [1.82, 2.24) is 0 Å². The van der Waals surface area contributed by atoms with Gasteiger partial charge in [-0.25, -0.2) is 0 Å². The van der Waals surface area contributed by atoms with Gasteiger partial charge in [0, 0.05) is 10.5 Å². The van der Waals surface area contributed by atoms with E-state index in [2.05, 4.69) is 43.1 Å². The summed E-state index contributed by atoms with van der Waals surface area (Å²) in [5.41, 5.74) is 2.67. The first-order chi connectivity index (χ1) is 5.81. The van der Waals surface area contributed by atoms with Gasteiger partial charge in [0.25, 0.3) is 0 Å². The monoisotopic (exact) mass is 194 g/mol. The molecule has 12 heavy (non-hydrogen) atoms. The molecule has 2 rings (SSSR count). The molecule has 1 heterocycles. The van der Waals surface area contributed by atoms with E-state index >= 15 is 0 Å². The van der Waals surface area contributed by atoms with E-state index in [1.807, 2.05) is 0 Å². The highest BCUT2D eigenvalue weighted by atomic mass is 32.1. The second kappa shape index (κ2) is 3.11. The summed E-state index contributed by atoms with van der Waals surface area (Å²) in [6.45, 7) is 2.12. The van der Waals surface area contributed by atoms with Gasteiger partial charge in [0.1, 0.15) is 0 Å². The highest BCUT2D eigenvalue weighted by molar-refractivity contribution is 7.79. The number of thiol groups is 1. The van der Waals surface area contributed by atoms with Crippen LogP contribution in [0.2, 0.25) is 0 Å². The molecule has 0 aliphatic rings. The van der Waals surface area contributed by atoms with E-state index in [1.54, 1.807) is 11.3 Å². The van der Waals surface area contributed by atoms with E-state index in [-0.39, 0.29) is 0 Å². The normalized spacial score (nSPS) is 10.8. The van der Waals surface area contributed by atoms with Gasteiger partial charge in [0.05, 0.1) is 0 Å². The van der Waals surface area contributed by atoms with Gasteiger partial charge in [-0.05, 0) is 29.3 Å². The lowest BCUT2D eigenvalue weighted by Crippen LogP contribution is -1.74. The maximum absolute atomic E-state index is 4.29. The number of fused-ring (bicyclic) bond motifs is 1. The zero-order chi connectivity index (χ0) is 8.55. The Morgan fingerprint density at radius 3 is 3.00 bits per heavy atom. The van der Waals surface area contributed by atoms with Gasteiger partial charge in [-0.2, -0.15) is 12.6 Å². The SMILES string of the molecule is Cc1ccc2scc(CS)c2c1. The fraction of sp³-hybridized carbons (Fsp3) is 0.200. The molecule has 62 valence electrons. The summed E-state index contributed by atoms with van der Waals surface area (Å²) < 4.78 is 1.37. The highest BCUT2D eigenvalue weighted by Gasteiger charge is 2.01. The Kier molecular flexibility index (Phi) is 2.11. The van der Waals surface area contributed by atoms with Crippen LogP contribution in [0.4, 0.5) is 0 Å². The Labute approximate surface area is 81.6 Å². The van der Waals surface area contributed by atoms with Gasteiger partial charge in [0.2, 0.25) is 0 Å². The van der Waals surface area contributed by atoms with Crippen molar-refractivity contribution in [3.63, 3.8) is 0 Å². The average Bonchev–Trinajstić information content (AvgIpc) is 2.46. The fourth-order valence-corrected chi connectivity index (χ4v) is 2.65. The molecule has 0 aliphatic heterocycles. The van der Waals surface area contributed by atoms with Crippen LogP contribution in [0, 0.1) is 6.92 Å². The molecular formula is C10H10S2. The van der Waals surface area contributed by atoms with Crippen molar-refractivity contribution in [1.29, 1.82) is 0 Å². The molecule has 0 unspecified atom stereocenters. The van der Waals surface area contributed by atoms with E-state index in [9.17, 15) is 0 Å². The molecular weight excluding hydrogens is 184 g/mol. The number of aryl methyl sites for hydroxylation is 1. The van der Waals surface area contributed by atoms with Crippen LogP contribution in [0.25, 0.3) is 10.1 Å². The number of rotatable bonds is 1. The summed E-state index contributed by atoms with van der Waals surface area (Å²) in [7, 11) is 0. The molecule has 0 bridgehead atoms. The smallest absolute Gasteiger partial charge is 0.0346 e. The molecule has 1 aromatic heterocycles. The van der Waals surface area contributed by atoms with E-state index in [0.29, 0.717) is 0 Å². The molecule has 0 radical (unpaired) electrons. The minimum Gasteiger partial charge on any atom is -0.174 e. The third-order valence-corrected chi connectivity index (χ3v) is 3.33. The topological polar surface area (TPSA) is 0 Å². The summed E-state index contributed by atoms with van der Waals surface area (Å²) in [6, 6.07) is 6.57. The number of hydrogen-bond acceptors (Lipinski definition) is 2. The van der Waals surface area contributed by atoms with E-state index in [4.69, 9.17) is 0 Å². The molecule has 0 aliphatic carbocycles. The Morgan fingerprint density at radius 2 is 2.25 bits per heavy atom. The first-order valence-corrected chi connectivity index (χ1v) is 5.40. The summed E-state index contributed by atoms with van der Waals surface area (Å²) >= 11 is 6.09. The van der Waals surface area contributed by atoms with Crippen LogP contribution in [0.1, 0.15) is 11.1 Å². The van der Waals surface area contributed by atoms with Gasteiger partial charge < -0.3 is 0 Å². The van der Waals surface area contributed by atoms with Crippen molar-refractivity contribution in [3.05, 3.63) is 34.7 Å². The molecule has 2 aromatic rings. The number of hydrogen-bond donors (Lipinski definition) is 1. The lowest BCUT2D eigenvalue weighted by atomic mass is 10.1. The Bertz CT molecular complexity index is 401. The van der Waals surface area contributed by atoms with Gasteiger partial charge in [-0.3, -0.25) is 0 Å². The van der Waals surface area contributed by atoms with E-state index in [1.165, 1.54) is 21.2 Å². The second-order valence-electron chi connectivity index (χ2n) is 2.92. The maximum atomic E-state index is 4.29. The zero-order valence-electron chi connectivity index (χ0n) is 6.87. The Hall–Kier alpha value is -0.470. The van der Waals surface area contributed by atoms with Gasteiger partial charge in [-0.15, -0.1) is 11.3 Å². The largest absolute Gasteiger partial charge is 0.174 e. The second-order valence-corrected chi connectivity index (χ2v) is 4.15. The minimum absolute atomic E-state index is 0.837. The molecule has 1 aromatic carbocycles. The number of thiophene rings is 1.